The van der Waals surface area contributed by atoms with Crippen LogP contribution in [0.3, 0.4) is 0 Å². The van der Waals surface area contributed by atoms with Crippen LogP contribution in [0.1, 0.15) is 5.56 Å². The van der Waals surface area contributed by atoms with Crippen molar-refractivity contribution in [2.45, 2.75) is 4.90 Å². The fourth-order valence-corrected chi connectivity index (χ4v) is 2.16. The Labute approximate surface area is 109 Å². The maximum Gasteiger partial charge on any atom is 0.332 e. The fourth-order valence-electron chi connectivity index (χ4n) is 1.17. The van der Waals surface area contributed by atoms with Crippen molar-refractivity contribution in [2.75, 3.05) is 14.1 Å². The second-order valence-electron chi connectivity index (χ2n) is 3.71. The first-order valence-corrected chi connectivity index (χ1v) is 6.49. The number of sulfonamides is 1. The lowest BCUT2D eigenvalue weighted by molar-refractivity contribution is 0.249. The van der Waals surface area contributed by atoms with E-state index in [9.17, 15) is 17.6 Å². The molecule has 0 saturated carbocycles. The van der Waals surface area contributed by atoms with E-state index in [1.54, 1.807) is 0 Å². The van der Waals surface area contributed by atoms with Crippen LogP contribution in [0.2, 0.25) is 0 Å². The molecule has 0 aliphatic rings. The molecule has 19 heavy (non-hydrogen) atoms. The highest BCUT2D eigenvalue weighted by Crippen LogP contribution is 2.18. The zero-order valence-electron chi connectivity index (χ0n) is 10.3. The van der Waals surface area contributed by atoms with Crippen LogP contribution in [0.25, 0.3) is 0 Å². The highest BCUT2D eigenvalue weighted by atomic mass is 32.2. The molecule has 1 aromatic rings. The Balaban J connectivity index is 3.15. The molecule has 9 heteroatoms. The third kappa shape index (κ3) is 3.73. The van der Waals surface area contributed by atoms with Crippen LogP contribution in [0, 0.1) is 5.82 Å². The molecule has 2 amide bonds. The quantitative estimate of drug-likeness (QED) is 0.605. The Morgan fingerprint density at radius 3 is 2.63 bits per heavy atom. The van der Waals surface area contributed by atoms with Crippen LogP contribution in [0.5, 0.6) is 0 Å². The third-order valence-electron chi connectivity index (χ3n) is 2.10. The maximum absolute atomic E-state index is 13.5. The van der Waals surface area contributed by atoms with Gasteiger partial charge in [0.1, 0.15) is 10.7 Å². The van der Waals surface area contributed by atoms with Crippen LogP contribution < -0.4 is 11.2 Å². The van der Waals surface area contributed by atoms with Crippen LogP contribution in [0.15, 0.2) is 28.2 Å². The molecule has 0 fully saturated rings. The Bertz CT molecular complexity index is 613. The number of primary amides is 1. The number of halogens is 1. The van der Waals surface area contributed by atoms with Crippen molar-refractivity contribution in [1.29, 1.82) is 0 Å². The van der Waals surface area contributed by atoms with Gasteiger partial charge in [0.2, 0.25) is 10.0 Å². The average Bonchev–Trinajstić information content (AvgIpc) is 2.30. The van der Waals surface area contributed by atoms with Crippen molar-refractivity contribution in [3.63, 3.8) is 0 Å². The lowest BCUT2D eigenvalue weighted by Gasteiger charge is -2.12. The van der Waals surface area contributed by atoms with Gasteiger partial charge in [0, 0.05) is 14.1 Å². The molecule has 0 aliphatic heterocycles. The molecule has 3 N–H and O–H groups in total. The van der Waals surface area contributed by atoms with Gasteiger partial charge in [0.15, 0.2) is 0 Å². The molecule has 0 radical (unpaired) electrons. The van der Waals surface area contributed by atoms with Crippen molar-refractivity contribution in [1.82, 2.24) is 9.73 Å². The first-order valence-electron chi connectivity index (χ1n) is 5.05. The van der Waals surface area contributed by atoms with Gasteiger partial charge >= 0.3 is 6.03 Å². The molecular formula is C10H13FN4O3S. The molecule has 0 heterocycles. The summed E-state index contributed by atoms with van der Waals surface area (Å²) in [6.45, 7) is 0. The molecule has 0 spiro atoms. The Kier molecular flexibility index (Phi) is 4.57. The number of hydrogen-bond acceptors (Lipinski definition) is 4. The van der Waals surface area contributed by atoms with Crippen molar-refractivity contribution in [3.8, 4) is 0 Å². The molecule has 7 nitrogen and oxygen atoms in total. The molecule has 0 aromatic heterocycles. The summed E-state index contributed by atoms with van der Waals surface area (Å²) in [5, 5.41) is 3.46. The zero-order chi connectivity index (χ0) is 14.6. The Hall–Kier alpha value is -2.00. The van der Waals surface area contributed by atoms with Gasteiger partial charge in [-0.25, -0.2) is 27.3 Å². The van der Waals surface area contributed by atoms with E-state index in [4.69, 9.17) is 5.73 Å². The first-order chi connectivity index (χ1) is 8.75. The number of nitrogens with two attached hydrogens (primary N) is 1. The minimum absolute atomic E-state index is 0.301. The maximum atomic E-state index is 13.5. The van der Waals surface area contributed by atoms with E-state index in [1.807, 2.05) is 5.43 Å². The minimum Gasteiger partial charge on any atom is -0.350 e. The SMILES string of the molecule is CN(C)S(=O)(=O)c1cc(C=NNC(N)=O)ccc1F. The molecule has 0 atom stereocenters. The Morgan fingerprint density at radius 1 is 1.47 bits per heavy atom. The summed E-state index contributed by atoms with van der Waals surface area (Å²) in [5.41, 5.74) is 7.04. The largest absolute Gasteiger partial charge is 0.350 e. The number of hydrazone groups is 1. The minimum atomic E-state index is -3.89. The molecule has 0 saturated heterocycles. The van der Waals surface area contributed by atoms with E-state index in [-0.39, 0.29) is 0 Å². The van der Waals surface area contributed by atoms with Gasteiger partial charge in [-0.15, -0.1) is 0 Å². The van der Waals surface area contributed by atoms with Crippen molar-refractivity contribution in [2.24, 2.45) is 10.8 Å². The number of carbonyl (C=O) groups is 1. The van der Waals surface area contributed by atoms with Gasteiger partial charge in [-0.05, 0) is 17.7 Å². The molecule has 0 bridgehead atoms. The van der Waals surface area contributed by atoms with Gasteiger partial charge in [0.25, 0.3) is 0 Å². The lowest BCUT2D eigenvalue weighted by Crippen LogP contribution is -2.24. The summed E-state index contributed by atoms with van der Waals surface area (Å²) in [7, 11) is -1.30. The van der Waals surface area contributed by atoms with Crippen LogP contribution in [0.4, 0.5) is 9.18 Å². The number of benzene rings is 1. The molecule has 1 rings (SSSR count). The number of hydrogen-bond donors (Lipinski definition) is 2. The van der Waals surface area contributed by atoms with Gasteiger partial charge in [0.05, 0.1) is 6.21 Å². The lowest BCUT2D eigenvalue weighted by atomic mass is 10.2. The molecule has 1 aromatic carbocycles. The highest BCUT2D eigenvalue weighted by Gasteiger charge is 2.21. The number of rotatable bonds is 4. The second kappa shape index (κ2) is 5.76. The molecule has 104 valence electrons. The first kappa shape index (κ1) is 15.1. The van der Waals surface area contributed by atoms with Crippen molar-refractivity contribution >= 4 is 22.3 Å². The summed E-state index contributed by atoms with van der Waals surface area (Å²) in [6, 6.07) is 2.56. The van der Waals surface area contributed by atoms with E-state index in [1.165, 1.54) is 20.2 Å². The third-order valence-corrected chi connectivity index (χ3v) is 3.93. The Morgan fingerprint density at radius 2 is 2.11 bits per heavy atom. The summed E-state index contributed by atoms with van der Waals surface area (Å²) in [4.78, 5) is 9.92. The zero-order valence-corrected chi connectivity index (χ0v) is 11.1. The highest BCUT2D eigenvalue weighted by molar-refractivity contribution is 7.89. The number of nitrogens with zero attached hydrogens (tertiary/aromatic N) is 2. The van der Waals surface area contributed by atoms with Crippen LogP contribution >= 0.6 is 0 Å². The van der Waals surface area contributed by atoms with E-state index in [0.29, 0.717) is 5.56 Å². The average molecular weight is 288 g/mol. The summed E-state index contributed by atoms with van der Waals surface area (Å²) < 4.78 is 38.1. The van der Waals surface area contributed by atoms with Gasteiger partial charge in [-0.3, -0.25) is 0 Å². The number of nitrogens with one attached hydrogen (secondary N) is 1. The summed E-state index contributed by atoms with van der Waals surface area (Å²) >= 11 is 0. The van der Waals surface area contributed by atoms with Gasteiger partial charge < -0.3 is 5.73 Å². The predicted molar refractivity (Wildman–Crippen MR) is 67.6 cm³/mol. The van der Waals surface area contributed by atoms with Crippen molar-refractivity contribution < 1.29 is 17.6 Å². The second-order valence-corrected chi connectivity index (χ2v) is 5.83. The van der Waals surface area contributed by atoms with E-state index in [0.717, 1.165) is 22.7 Å². The van der Waals surface area contributed by atoms with E-state index >= 15 is 0 Å². The van der Waals surface area contributed by atoms with Crippen LogP contribution in [-0.2, 0) is 10.0 Å². The van der Waals surface area contributed by atoms with Crippen molar-refractivity contribution in [3.05, 3.63) is 29.6 Å². The van der Waals surface area contributed by atoms with Gasteiger partial charge in [-0.2, -0.15) is 5.10 Å². The molecular weight excluding hydrogens is 275 g/mol. The smallest absolute Gasteiger partial charge is 0.332 e. The normalized spacial score (nSPS) is 12.0. The van der Waals surface area contributed by atoms with Crippen LogP contribution in [-0.4, -0.2) is 39.1 Å². The predicted octanol–water partition coefficient (Wildman–Crippen LogP) is 0.0782. The number of carbonyl (C=O) groups excluding carboxylic acids is 1. The fraction of sp³-hybridized carbons (Fsp3) is 0.200. The molecule has 0 aliphatic carbocycles. The number of urea groups is 1. The topological polar surface area (TPSA) is 105 Å². The monoisotopic (exact) mass is 288 g/mol. The summed E-state index contributed by atoms with van der Waals surface area (Å²) in [6.07, 6.45) is 1.15. The standard InChI is InChI=1S/C10H13FN4O3S/c1-15(2)19(17,18)9-5-7(3-4-8(9)11)6-13-14-10(12)16/h3-6H,1-2H3,(H3,12,14,16). The van der Waals surface area contributed by atoms with Gasteiger partial charge in [-0.1, -0.05) is 6.07 Å². The molecule has 0 unspecified atom stereocenters. The summed E-state index contributed by atoms with van der Waals surface area (Å²) in [5.74, 6) is -0.867. The number of amides is 2. The van der Waals surface area contributed by atoms with E-state index < -0.39 is 26.8 Å². The van der Waals surface area contributed by atoms with E-state index in [2.05, 4.69) is 5.10 Å².